The Morgan fingerprint density at radius 3 is 2.43 bits per heavy atom. The first kappa shape index (κ1) is 19.0. The molecular weight excluding hydrogens is 396 g/mol. The first-order valence-corrected chi connectivity index (χ1v) is 10.3. The summed E-state index contributed by atoms with van der Waals surface area (Å²) >= 11 is 7.87. The van der Waals surface area contributed by atoms with Crippen molar-refractivity contribution in [1.82, 2.24) is 14.9 Å². The first-order valence-electron chi connectivity index (χ1n) is 9.09. The van der Waals surface area contributed by atoms with Crippen molar-refractivity contribution in [1.29, 1.82) is 0 Å². The zero-order valence-corrected chi connectivity index (χ0v) is 17.6. The topological polar surface area (TPSA) is 58.6 Å². The Bertz CT molecular complexity index is 1030. The van der Waals surface area contributed by atoms with Gasteiger partial charge in [0.1, 0.15) is 16.4 Å². The Morgan fingerprint density at radius 1 is 1.14 bits per heavy atom. The van der Waals surface area contributed by atoms with E-state index in [0.29, 0.717) is 13.1 Å². The molecule has 0 bridgehead atoms. The van der Waals surface area contributed by atoms with Crippen LogP contribution >= 0.6 is 22.9 Å². The van der Waals surface area contributed by atoms with E-state index in [9.17, 15) is 4.79 Å². The van der Waals surface area contributed by atoms with E-state index in [1.54, 1.807) is 25.4 Å². The Kier molecular flexibility index (Phi) is 5.12. The molecule has 28 heavy (non-hydrogen) atoms. The van der Waals surface area contributed by atoms with Gasteiger partial charge in [0.2, 0.25) is 11.2 Å². The molecule has 1 amide bonds. The first-order chi connectivity index (χ1) is 13.5. The number of hydrogen-bond acceptors (Lipinski definition) is 6. The van der Waals surface area contributed by atoms with E-state index in [4.69, 9.17) is 16.3 Å². The summed E-state index contributed by atoms with van der Waals surface area (Å²) in [5, 5.41) is 1.27. The van der Waals surface area contributed by atoms with Crippen LogP contribution in [0.3, 0.4) is 0 Å². The van der Waals surface area contributed by atoms with Gasteiger partial charge >= 0.3 is 0 Å². The molecular formula is C20H21ClN4O2S. The van der Waals surface area contributed by atoms with Crippen molar-refractivity contribution in [2.45, 2.75) is 13.8 Å². The number of anilines is 1. The molecule has 146 valence electrons. The lowest BCUT2D eigenvalue weighted by Crippen LogP contribution is -2.48. The number of nitrogens with zero attached hydrogens (tertiary/aromatic N) is 4. The summed E-state index contributed by atoms with van der Waals surface area (Å²) in [5.74, 6) is 1.77. The zero-order valence-electron chi connectivity index (χ0n) is 16.0. The highest BCUT2D eigenvalue weighted by atomic mass is 35.5. The monoisotopic (exact) mass is 416 g/mol. The van der Waals surface area contributed by atoms with E-state index in [-0.39, 0.29) is 11.2 Å². The fourth-order valence-corrected chi connectivity index (χ4v) is 4.89. The van der Waals surface area contributed by atoms with Crippen LogP contribution in [0.4, 0.5) is 5.82 Å². The molecule has 0 atom stereocenters. The van der Waals surface area contributed by atoms with Crippen LogP contribution < -0.4 is 9.64 Å². The van der Waals surface area contributed by atoms with Crippen LogP contribution in [0.2, 0.25) is 5.28 Å². The molecule has 0 radical (unpaired) electrons. The van der Waals surface area contributed by atoms with Gasteiger partial charge in [0.25, 0.3) is 0 Å². The predicted octanol–water partition coefficient (Wildman–Crippen LogP) is 4.00. The smallest absolute Gasteiger partial charge is 0.225 e. The van der Waals surface area contributed by atoms with Crippen LogP contribution in [0, 0.1) is 6.92 Å². The van der Waals surface area contributed by atoms with Crippen molar-refractivity contribution in [3.63, 3.8) is 0 Å². The van der Waals surface area contributed by atoms with Crippen molar-refractivity contribution >= 4 is 44.9 Å². The number of benzene rings is 1. The van der Waals surface area contributed by atoms with Crippen molar-refractivity contribution in [2.24, 2.45) is 0 Å². The fourth-order valence-electron chi connectivity index (χ4n) is 3.64. The Hall–Kier alpha value is -2.38. The van der Waals surface area contributed by atoms with Crippen LogP contribution in [-0.2, 0) is 4.79 Å². The number of piperazine rings is 1. The molecule has 0 saturated carbocycles. The molecule has 3 aromatic rings. The number of fused-ring (bicyclic) bond motifs is 1. The Morgan fingerprint density at radius 2 is 1.82 bits per heavy atom. The minimum atomic E-state index is 0.107. The number of thiophene rings is 1. The van der Waals surface area contributed by atoms with Gasteiger partial charge in [-0.2, -0.15) is 4.98 Å². The summed E-state index contributed by atoms with van der Waals surface area (Å²) in [5.41, 5.74) is 2.22. The summed E-state index contributed by atoms with van der Waals surface area (Å²) in [6.45, 7) is 6.51. The third-order valence-electron chi connectivity index (χ3n) is 5.08. The summed E-state index contributed by atoms with van der Waals surface area (Å²) in [4.78, 5) is 26.8. The van der Waals surface area contributed by atoms with Gasteiger partial charge < -0.3 is 14.5 Å². The number of halogens is 1. The van der Waals surface area contributed by atoms with Crippen LogP contribution in [0.25, 0.3) is 21.3 Å². The summed E-state index contributed by atoms with van der Waals surface area (Å²) in [7, 11) is 1.66. The molecule has 0 N–H and O–H groups in total. The van der Waals surface area contributed by atoms with E-state index in [0.717, 1.165) is 46.0 Å². The number of amides is 1. The van der Waals surface area contributed by atoms with Gasteiger partial charge in [-0.05, 0) is 36.2 Å². The van der Waals surface area contributed by atoms with Crippen molar-refractivity contribution < 1.29 is 9.53 Å². The highest BCUT2D eigenvalue weighted by Gasteiger charge is 2.25. The third kappa shape index (κ3) is 3.40. The molecule has 0 aliphatic carbocycles. The molecule has 1 aliphatic heterocycles. The lowest BCUT2D eigenvalue weighted by Gasteiger charge is -2.35. The normalized spacial score (nSPS) is 14.6. The number of aromatic nitrogens is 2. The van der Waals surface area contributed by atoms with E-state index in [1.165, 1.54) is 4.88 Å². The highest BCUT2D eigenvalue weighted by molar-refractivity contribution is 7.19. The maximum atomic E-state index is 11.7. The Balaban J connectivity index is 1.81. The zero-order chi connectivity index (χ0) is 19.8. The number of rotatable bonds is 3. The minimum Gasteiger partial charge on any atom is -0.497 e. The number of carbonyl (C=O) groups is 1. The summed E-state index contributed by atoms with van der Waals surface area (Å²) in [6.07, 6.45) is 0. The van der Waals surface area contributed by atoms with Crippen LogP contribution in [0.1, 0.15) is 11.8 Å². The van der Waals surface area contributed by atoms with Crippen molar-refractivity contribution in [2.75, 3.05) is 38.2 Å². The number of ether oxygens (including phenoxy) is 1. The minimum absolute atomic E-state index is 0.107. The van der Waals surface area contributed by atoms with Gasteiger partial charge in [0.15, 0.2) is 0 Å². The lowest BCUT2D eigenvalue weighted by molar-refractivity contribution is -0.129. The maximum absolute atomic E-state index is 11.7. The molecule has 0 unspecified atom stereocenters. The second-order valence-corrected chi connectivity index (χ2v) is 8.29. The van der Waals surface area contributed by atoms with E-state index in [2.05, 4.69) is 33.9 Å². The molecule has 1 saturated heterocycles. The number of hydrogen-bond donors (Lipinski definition) is 0. The summed E-state index contributed by atoms with van der Waals surface area (Å²) < 4.78 is 5.29. The molecule has 1 aliphatic rings. The van der Waals surface area contributed by atoms with Gasteiger partial charge in [-0.25, -0.2) is 4.98 Å². The van der Waals surface area contributed by atoms with Crippen LogP contribution in [0.15, 0.2) is 24.3 Å². The number of carbonyl (C=O) groups excluding carboxylic acids is 1. The third-order valence-corrected chi connectivity index (χ3v) is 6.25. The molecule has 1 aromatic carbocycles. The quantitative estimate of drug-likeness (QED) is 0.604. The van der Waals surface area contributed by atoms with Gasteiger partial charge in [-0.15, -0.1) is 11.3 Å². The average Bonchev–Trinajstić information content (AvgIpc) is 3.03. The molecule has 8 heteroatoms. The molecule has 3 heterocycles. The molecule has 1 fully saturated rings. The van der Waals surface area contributed by atoms with Gasteiger partial charge in [-0.1, -0.05) is 12.1 Å². The average molecular weight is 417 g/mol. The SMILES string of the molecule is COc1ccc(-c2c(C)sc3nc(Cl)nc(N4CCN(C(C)=O)CC4)c23)cc1. The maximum Gasteiger partial charge on any atom is 0.225 e. The number of aryl methyl sites for hydroxylation is 1. The second-order valence-electron chi connectivity index (χ2n) is 6.75. The van der Waals surface area contributed by atoms with Gasteiger partial charge in [-0.3, -0.25) is 4.79 Å². The molecule has 4 rings (SSSR count). The molecule has 2 aromatic heterocycles. The van der Waals surface area contributed by atoms with Gasteiger partial charge in [0.05, 0.1) is 12.5 Å². The Labute approximate surface area is 172 Å². The number of methoxy groups -OCH3 is 1. The van der Waals surface area contributed by atoms with Crippen molar-refractivity contribution in [3.8, 4) is 16.9 Å². The summed E-state index contributed by atoms with van der Waals surface area (Å²) in [6, 6.07) is 8.03. The largest absolute Gasteiger partial charge is 0.497 e. The predicted molar refractivity (Wildman–Crippen MR) is 114 cm³/mol. The standard InChI is InChI=1S/C20H21ClN4O2S/c1-12-16(14-4-6-15(27-3)7-5-14)17-18(22-20(21)23-19(17)28-12)25-10-8-24(9-11-25)13(2)26/h4-7H,8-11H2,1-3H3. The van der Waals surface area contributed by atoms with E-state index < -0.39 is 0 Å². The van der Waals surface area contributed by atoms with Crippen LogP contribution in [-0.4, -0.2) is 54.1 Å². The van der Waals surface area contributed by atoms with Gasteiger partial charge in [0, 0.05) is 43.5 Å². The van der Waals surface area contributed by atoms with Crippen LogP contribution in [0.5, 0.6) is 5.75 Å². The fraction of sp³-hybridized carbons (Fsp3) is 0.350. The second kappa shape index (κ2) is 7.56. The van der Waals surface area contributed by atoms with Crippen molar-refractivity contribution in [3.05, 3.63) is 34.4 Å². The lowest BCUT2D eigenvalue weighted by atomic mass is 10.0. The van der Waals surface area contributed by atoms with E-state index >= 15 is 0 Å². The molecule has 0 spiro atoms. The van der Waals surface area contributed by atoms with E-state index in [1.807, 2.05) is 17.0 Å². The molecule has 6 nitrogen and oxygen atoms in total. The highest BCUT2D eigenvalue weighted by Crippen LogP contribution is 2.42.